The van der Waals surface area contributed by atoms with Gasteiger partial charge in [-0.1, -0.05) is 23.4 Å². The van der Waals surface area contributed by atoms with Gasteiger partial charge in [0.05, 0.1) is 18.1 Å². The maximum Gasteiger partial charge on any atom is 0.128 e. The Kier molecular flexibility index (Phi) is 3.04. The van der Waals surface area contributed by atoms with Crippen LogP contribution < -0.4 is 0 Å². The third-order valence-electron chi connectivity index (χ3n) is 3.22. The molecule has 1 aliphatic rings. The number of halogens is 2. The lowest BCUT2D eigenvalue weighted by Gasteiger charge is -2.07. The van der Waals surface area contributed by atoms with Gasteiger partial charge in [0.15, 0.2) is 0 Å². The number of aromatic nitrogens is 3. The van der Waals surface area contributed by atoms with Crippen molar-refractivity contribution < 1.29 is 4.39 Å². The van der Waals surface area contributed by atoms with Crippen LogP contribution in [0.5, 0.6) is 0 Å². The smallest absolute Gasteiger partial charge is 0.128 e. The summed E-state index contributed by atoms with van der Waals surface area (Å²) in [6.07, 6.45) is 2.29. The summed E-state index contributed by atoms with van der Waals surface area (Å²) < 4.78 is 15.4. The Hall–Kier alpha value is -1.42. The third-order valence-corrected chi connectivity index (χ3v) is 3.47. The van der Waals surface area contributed by atoms with Crippen LogP contribution in [0, 0.1) is 5.82 Å². The van der Waals surface area contributed by atoms with Crippen molar-refractivity contribution >= 4 is 11.6 Å². The number of rotatable bonds is 4. The fourth-order valence-electron chi connectivity index (χ4n) is 2.16. The number of nitrogens with zero attached hydrogens (tertiary/aromatic N) is 3. The minimum Gasteiger partial charge on any atom is -0.244 e. The van der Waals surface area contributed by atoms with E-state index in [1.807, 2.05) is 6.07 Å². The van der Waals surface area contributed by atoms with Crippen molar-refractivity contribution in [2.45, 2.75) is 31.2 Å². The van der Waals surface area contributed by atoms with E-state index in [0.717, 1.165) is 24.2 Å². The van der Waals surface area contributed by atoms with Gasteiger partial charge >= 0.3 is 0 Å². The van der Waals surface area contributed by atoms with Crippen molar-refractivity contribution in [1.29, 1.82) is 0 Å². The van der Waals surface area contributed by atoms with Crippen LogP contribution in [0.15, 0.2) is 24.3 Å². The molecule has 2 aromatic rings. The molecule has 18 heavy (non-hydrogen) atoms. The molecule has 0 radical (unpaired) electrons. The SMILES string of the molecule is Fc1ccccc1Cn1nnc(CCl)c1C1CC1. The van der Waals surface area contributed by atoms with Crippen LogP contribution in [0.4, 0.5) is 4.39 Å². The summed E-state index contributed by atoms with van der Waals surface area (Å²) in [5, 5.41) is 8.18. The van der Waals surface area contributed by atoms with Gasteiger partial charge in [-0.05, 0) is 18.9 Å². The summed E-state index contributed by atoms with van der Waals surface area (Å²) in [6, 6.07) is 6.75. The van der Waals surface area contributed by atoms with Crippen LogP contribution >= 0.6 is 11.6 Å². The standard InChI is InChI=1S/C13H13ClFN3/c14-7-12-13(9-5-6-9)18(17-16-12)8-10-3-1-2-4-11(10)15/h1-4,9H,5-8H2. The summed E-state index contributed by atoms with van der Waals surface area (Å²) in [7, 11) is 0. The zero-order valence-corrected chi connectivity index (χ0v) is 10.6. The Labute approximate surface area is 110 Å². The van der Waals surface area contributed by atoms with E-state index in [-0.39, 0.29) is 5.82 Å². The molecule has 1 aromatic carbocycles. The van der Waals surface area contributed by atoms with E-state index in [9.17, 15) is 4.39 Å². The molecule has 0 amide bonds. The molecule has 0 N–H and O–H groups in total. The fraction of sp³-hybridized carbons (Fsp3) is 0.385. The molecule has 94 valence electrons. The third kappa shape index (κ3) is 2.12. The zero-order chi connectivity index (χ0) is 12.5. The van der Waals surface area contributed by atoms with Gasteiger partial charge < -0.3 is 0 Å². The zero-order valence-electron chi connectivity index (χ0n) is 9.81. The molecule has 0 spiro atoms. The van der Waals surface area contributed by atoms with Crippen molar-refractivity contribution in [3.05, 3.63) is 47.0 Å². The van der Waals surface area contributed by atoms with Crippen molar-refractivity contribution in [3.8, 4) is 0 Å². The van der Waals surface area contributed by atoms with E-state index in [2.05, 4.69) is 10.3 Å². The molecule has 0 bridgehead atoms. The molecule has 0 atom stereocenters. The molecule has 1 aliphatic carbocycles. The number of alkyl halides is 1. The molecule has 3 rings (SSSR count). The topological polar surface area (TPSA) is 30.7 Å². The molecule has 3 nitrogen and oxygen atoms in total. The van der Waals surface area contributed by atoms with Crippen molar-refractivity contribution in [1.82, 2.24) is 15.0 Å². The Morgan fingerprint density at radius 1 is 1.33 bits per heavy atom. The summed E-state index contributed by atoms with van der Waals surface area (Å²) in [6.45, 7) is 0.419. The Balaban J connectivity index is 1.93. The molecule has 1 fully saturated rings. The van der Waals surface area contributed by atoms with E-state index < -0.39 is 0 Å². The quantitative estimate of drug-likeness (QED) is 0.796. The molecule has 5 heteroatoms. The molecular formula is C13H13ClFN3. The molecule has 1 heterocycles. The van der Waals surface area contributed by atoms with Crippen LogP contribution in [0.1, 0.15) is 35.7 Å². The maximum absolute atomic E-state index is 13.6. The van der Waals surface area contributed by atoms with Gasteiger partial charge in [-0.15, -0.1) is 16.7 Å². The molecule has 1 saturated carbocycles. The van der Waals surface area contributed by atoms with Gasteiger partial charge in [0, 0.05) is 11.5 Å². The molecule has 1 aromatic heterocycles. The second kappa shape index (κ2) is 4.69. The average Bonchev–Trinajstić information content (AvgIpc) is 3.14. The van der Waals surface area contributed by atoms with Gasteiger partial charge in [-0.25, -0.2) is 9.07 Å². The highest BCUT2D eigenvalue weighted by Crippen LogP contribution is 2.41. The maximum atomic E-state index is 13.6. The summed E-state index contributed by atoms with van der Waals surface area (Å²) in [5.74, 6) is 0.658. The van der Waals surface area contributed by atoms with Gasteiger partial charge in [-0.3, -0.25) is 0 Å². The van der Waals surface area contributed by atoms with E-state index in [4.69, 9.17) is 11.6 Å². The number of hydrogen-bond acceptors (Lipinski definition) is 2. The first kappa shape index (κ1) is 11.7. The van der Waals surface area contributed by atoms with Crippen LogP contribution in [-0.2, 0) is 12.4 Å². The summed E-state index contributed by atoms with van der Waals surface area (Å²) in [4.78, 5) is 0. The number of hydrogen-bond donors (Lipinski definition) is 0. The van der Waals surface area contributed by atoms with E-state index >= 15 is 0 Å². The van der Waals surface area contributed by atoms with Gasteiger partial charge in [-0.2, -0.15) is 0 Å². The van der Waals surface area contributed by atoms with Crippen molar-refractivity contribution in [3.63, 3.8) is 0 Å². The number of benzene rings is 1. The van der Waals surface area contributed by atoms with E-state index in [0.29, 0.717) is 23.9 Å². The second-order valence-electron chi connectivity index (χ2n) is 4.58. The predicted molar refractivity (Wildman–Crippen MR) is 67.1 cm³/mol. The lowest BCUT2D eigenvalue weighted by atomic mass is 10.2. The molecule has 0 unspecified atom stereocenters. The normalized spacial score (nSPS) is 15.0. The minimum absolute atomic E-state index is 0.206. The molecule has 0 aliphatic heterocycles. The lowest BCUT2D eigenvalue weighted by molar-refractivity contribution is 0.566. The van der Waals surface area contributed by atoms with Crippen molar-refractivity contribution in [2.75, 3.05) is 0 Å². The first-order valence-corrected chi connectivity index (χ1v) is 6.54. The van der Waals surface area contributed by atoms with Gasteiger partial charge in [0.1, 0.15) is 11.5 Å². The van der Waals surface area contributed by atoms with Crippen LogP contribution in [-0.4, -0.2) is 15.0 Å². The highest BCUT2D eigenvalue weighted by Gasteiger charge is 2.31. The molecule has 0 saturated heterocycles. The monoisotopic (exact) mass is 265 g/mol. The Morgan fingerprint density at radius 3 is 2.78 bits per heavy atom. The molecular weight excluding hydrogens is 253 g/mol. The van der Waals surface area contributed by atoms with E-state index in [1.165, 1.54) is 6.07 Å². The van der Waals surface area contributed by atoms with Crippen LogP contribution in [0.3, 0.4) is 0 Å². The largest absolute Gasteiger partial charge is 0.244 e. The Morgan fingerprint density at radius 2 is 2.11 bits per heavy atom. The highest BCUT2D eigenvalue weighted by molar-refractivity contribution is 6.16. The lowest BCUT2D eigenvalue weighted by Crippen LogP contribution is -2.07. The first-order chi connectivity index (χ1) is 8.79. The second-order valence-corrected chi connectivity index (χ2v) is 4.85. The van der Waals surface area contributed by atoms with Crippen LogP contribution in [0.2, 0.25) is 0 Å². The predicted octanol–water partition coefficient (Wildman–Crippen LogP) is 3.08. The minimum atomic E-state index is -0.206. The highest BCUT2D eigenvalue weighted by atomic mass is 35.5. The fourth-order valence-corrected chi connectivity index (χ4v) is 2.35. The average molecular weight is 266 g/mol. The summed E-state index contributed by atoms with van der Waals surface area (Å²) >= 11 is 5.86. The first-order valence-electron chi connectivity index (χ1n) is 6.01. The van der Waals surface area contributed by atoms with Gasteiger partial charge in [0.2, 0.25) is 0 Å². The Bertz CT molecular complexity index is 563. The summed E-state index contributed by atoms with van der Waals surface area (Å²) in [5.41, 5.74) is 2.54. The van der Waals surface area contributed by atoms with Gasteiger partial charge in [0.25, 0.3) is 0 Å². The van der Waals surface area contributed by atoms with Crippen molar-refractivity contribution in [2.24, 2.45) is 0 Å². The van der Waals surface area contributed by atoms with E-state index in [1.54, 1.807) is 16.8 Å². The van der Waals surface area contributed by atoms with Crippen LogP contribution in [0.25, 0.3) is 0 Å².